The van der Waals surface area contributed by atoms with Crippen LogP contribution in [0.5, 0.6) is 11.8 Å². The molecule has 29 heavy (non-hydrogen) atoms. The minimum Gasteiger partial charge on any atom is -0.494 e. The third-order valence-electron chi connectivity index (χ3n) is 4.90. The van der Waals surface area contributed by atoms with Crippen molar-refractivity contribution in [1.82, 2.24) is 14.9 Å². The van der Waals surface area contributed by atoms with Crippen LogP contribution in [0, 0.1) is 0 Å². The van der Waals surface area contributed by atoms with Crippen molar-refractivity contribution in [3.05, 3.63) is 42.2 Å². The molecule has 7 nitrogen and oxygen atoms in total. The van der Waals surface area contributed by atoms with Crippen molar-refractivity contribution in [1.29, 1.82) is 0 Å². The Kier molecular flexibility index (Phi) is 7.67. The molecular formula is C22H30N4O3. The lowest BCUT2D eigenvalue weighted by Gasteiger charge is -2.32. The summed E-state index contributed by atoms with van der Waals surface area (Å²) in [6.07, 6.45) is 8.26. The number of nitrogens with one attached hydrogen (secondary N) is 1. The molecule has 156 valence electrons. The lowest BCUT2D eigenvalue weighted by atomic mass is 10.1. The minimum atomic E-state index is -0.125. The molecule has 0 radical (unpaired) electrons. The maximum atomic E-state index is 12.6. The minimum absolute atomic E-state index is 0.101. The van der Waals surface area contributed by atoms with E-state index in [0.717, 1.165) is 49.1 Å². The molecule has 1 atom stereocenters. The van der Waals surface area contributed by atoms with E-state index in [4.69, 9.17) is 9.47 Å². The molecule has 0 spiro atoms. The van der Waals surface area contributed by atoms with Gasteiger partial charge in [0, 0.05) is 24.6 Å². The molecule has 0 aliphatic carbocycles. The van der Waals surface area contributed by atoms with Gasteiger partial charge in [0.1, 0.15) is 11.9 Å². The molecule has 1 N–H and O–H groups in total. The van der Waals surface area contributed by atoms with E-state index in [2.05, 4.69) is 29.1 Å². The Bertz CT molecular complexity index is 765. The molecule has 2 aromatic rings. The first-order valence-corrected chi connectivity index (χ1v) is 10.4. The lowest BCUT2D eigenvalue weighted by Crippen LogP contribution is -2.46. The Morgan fingerprint density at radius 1 is 1.21 bits per heavy atom. The van der Waals surface area contributed by atoms with E-state index in [1.807, 2.05) is 24.3 Å². The van der Waals surface area contributed by atoms with Crippen LogP contribution in [0.3, 0.4) is 0 Å². The van der Waals surface area contributed by atoms with Crippen LogP contribution >= 0.6 is 0 Å². The van der Waals surface area contributed by atoms with Crippen molar-refractivity contribution in [2.75, 3.05) is 25.0 Å². The predicted octanol–water partition coefficient (Wildman–Crippen LogP) is 4.29. The normalized spacial score (nSPS) is 16.3. The van der Waals surface area contributed by atoms with Gasteiger partial charge in [0.15, 0.2) is 0 Å². The van der Waals surface area contributed by atoms with Crippen molar-refractivity contribution in [2.24, 2.45) is 0 Å². The molecule has 1 fully saturated rings. The fourth-order valence-electron chi connectivity index (χ4n) is 3.13. The van der Waals surface area contributed by atoms with Crippen molar-refractivity contribution in [2.45, 2.75) is 52.1 Å². The predicted molar refractivity (Wildman–Crippen MR) is 112 cm³/mol. The number of carbonyl (C=O) groups excluding carboxylic acids is 1. The summed E-state index contributed by atoms with van der Waals surface area (Å²) in [6, 6.07) is 7.73. The molecule has 1 aliphatic rings. The number of unbranched alkanes of at least 4 members (excludes halogenated alkanes) is 1. The second-order valence-electron chi connectivity index (χ2n) is 7.21. The summed E-state index contributed by atoms with van der Waals surface area (Å²) in [5.41, 5.74) is 1.82. The zero-order chi connectivity index (χ0) is 20.5. The summed E-state index contributed by atoms with van der Waals surface area (Å²) < 4.78 is 11.5. The number of likely N-dealkylation sites (tertiary alicyclic amines) is 1. The van der Waals surface area contributed by atoms with Crippen LogP contribution in [0.1, 0.15) is 45.1 Å². The van der Waals surface area contributed by atoms with E-state index in [1.165, 1.54) is 0 Å². The van der Waals surface area contributed by atoms with Crippen molar-refractivity contribution in [3.63, 3.8) is 0 Å². The summed E-state index contributed by atoms with van der Waals surface area (Å²) in [5, 5.41) is 2.95. The maximum absolute atomic E-state index is 12.6. The number of anilines is 1. The Morgan fingerprint density at radius 2 is 1.97 bits per heavy atom. The number of ether oxygens (including phenoxy) is 2. The molecule has 1 unspecified atom stereocenters. The third kappa shape index (κ3) is 6.34. The van der Waals surface area contributed by atoms with Gasteiger partial charge in [-0.25, -0.2) is 14.8 Å². The van der Waals surface area contributed by atoms with Gasteiger partial charge in [-0.1, -0.05) is 20.3 Å². The molecule has 1 aromatic carbocycles. The fourth-order valence-corrected chi connectivity index (χ4v) is 3.13. The van der Waals surface area contributed by atoms with E-state index < -0.39 is 0 Å². The summed E-state index contributed by atoms with van der Waals surface area (Å²) in [7, 11) is 0. The first-order valence-electron chi connectivity index (χ1n) is 10.4. The molecule has 7 heteroatoms. The van der Waals surface area contributed by atoms with Crippen molar-refractivity contribution < 1.29 is 14.3 Å². The number of benzene rings is 1. The molecule has 3 rings (SSSR count). The summed E-state index contributed by atoms with van der Waals surface area (Å²) in [5.74, 6) is 0.817. The van der Waals surface area contributed by atoms with E-state index in [-0.39, 0.29) is 12.1 Å². The lowest BCUT2D eigenvalue weighted by molar-refractivity contribution is 0.0982. The number of piperidine rings is 1. The number of nitrogens with zero attached hydrogens (tertiary/aromatic N) is 3. The Morgan fingerprint density at radius 3 is 2.66 bits per heavy atom. The first-order chi connectivity index (χ1) is 14.2. The Labute approximate surface area is 172 Å². The van der Waals surface area contributed by atoms with Gasteiger partial charge in [0.2, 0.25) is 0 Å². The summed E-state index contributed by atoms with van der Waals surface area (Å²) in [4.78, 5) is 22.9. The highest BCUT2D eigenvalue weighted by Crippen LogP contribution is 2.19. The monoisotopic (exact) mass is 398 g/mol. The SMILES string of the molecule is CCCCOc1ccc(NC(=O)N2CCCC(Oc3ncc(CC)cn3)C2)cc1. The summed E-state index contributed by atoms with van der Waals surface area (Å²) in [6.45, 7) is 6.13. The second kappa shape index (κ2) is 10.6. The van der Waals surface area contributed by atoms with E-state index in [1.54, 1.807) is 17.3 Å². The number of aryl methyl sites for hydroxylation is 1. The standard InChI is InChI=1S/C22H30N4O3/c1-3-5-13-28-19-10-8-18(9-11-19)25-22(27)26-12-6-7-20(16-26)29-21-23-14-17(4-2)15-24-21/h8-11,14-15,20H,3-7,12-13,16H2,1-2H3,(H,25,27). The van der Waals surface area contributed by atoms with Crippen molar-refractivity contribution >= 4 is 11.7 Å². The number of aromatic nitrogens is 2. The molecule has 2 amide bonds. The van der Waals surface area contributed by atoms with Crippen LogP contribution in [0.15, 0.2) is 36.7 Å². The van der Waals surface area contributed by atoms with Gasteiger partial charge in [-0.15, -0.1) is 0 Å². The van der Waals surface area contributed by atoms with Crippen LogP contribution in [0.4, 0.5) is 10.5 Å². The zero-order valence-electron chi connectivity index (χ0n) is 17.3. The van der Waals surface area contributed by atoms with Gasteiger partial charge in [0.25, 0.3) is 0 Å². The van der Waals surface area contributed by atoms with Crippen LogP contribution in [0.2, 0.25) is 0 Å². The number of rotatable bonds is 8. The van der Waals surface area contributed by atoms with Crippen LogP contribution < -0.4 is 14.8 Å². The Hall–Kier alpha value is -2.83. The first kappa shape index (κ1) is 20.9. The van der Waals surface area contributed by atoms with Gasteiger partial charge in [-0.3, -0.25) is 0 Å². The number of amides is 2. The van der Waals surface area contributed by atoms with Crippen LogP contribution in [-0.4, -0.2) is 46.7 Å². The van der Waals surface area contributed by atoms with Crippen LogP contribution in [-0.2, 0) is 6.42 Å². The van der Waals surface area contributed by atoms with Gasteiger partial charge >= 0.3 is 12.0 Å². The highest BCUT2D eigenvalue weighted by molar-refractivity contribution is 5.89. The maximum Gasteiger partial charge on any atom is 0.321 e. The van der Waals surface area contributed by atoms with Crippen molar-refractivity contribution in [3.8, 4) is 11.8 Å². The molecular weight excluding hydrogens is 368 g/mol. The summed E-state index contributed by atoms with van der Waals surface area (Å²) >= 11 is 0. The zero-order valence-corrected chi connectivity index (χ0v) is 17.3. The highest BCUT2D eigenvalue weighted by Gasteiger charge is 2.25. The largest absolute Gasteiger partial charge is 0.494 e. The number of carbonyl (C=O) groups is 1. The number of hydrogen-bond donors (Lipinski definition) is 1. The van der Waals surface area contributed by atoms with Crippen LogP contribution in [0.25, 0.3) is 0 Å². The molecule has 0 bridgehead atoms. The average molecular weight is 399 g/mol. The third-order valence-corrected chi connectivity index (χ3v) is 4.90. The van der Waals surface area contributed by atoms with Gasteiger partial charge in [-0.2, -0.15) is 0 Å². The topological polar surface area (TPSA) is 76.6 Å². The van der Waals surface area contributed by atoms with Gasteiger partial charge in [-0.05, 0) is 55.5 Å². The molecule has 1 saturated heterocycles. The van der Waals surface area contributed by atoms with E-state index in [9.17, 15) is 4.79 Å². The highest BCUT2D eigenvalue weighted by atomic mass is 16.5. The second-order valence-corrected chi connectivity index (χ2v) is 7.21. The molecule has 1 aromatic heterocycles. The fraction of sp³-hybridized carbons (Fsp3) is 0.500. The molecule has 0 saturated carbocycles. The molecule has 2 heterocycles. The Balaban J connectivity index is 1.49. The number of urea groups is 1. The van der Waals surface area contributed by atoms with Gasteiger partial charge < -0.3 is 19.7 Å². The van der Waals surface area contributed by atoms with E-state index in [0.29, 0.717) is 25.7 Å². The average Bonchev–Trinajstić information content (AvgIpc) is 2.76. The quantitative estimate of drug-likeness (QED) is 0.671. The van der Waals surface area contributed by atoms with Gasteiger partial charge in [0.05, 0.1) is 13.2 Å². The van der Waals surface area contributed by atoms with E-state index >= 15 is 0 Å². The number of hydrogen-bond acceptors (Lipinski definition) is 5. The molecule has 1 aliphatic heterocycles. The smallest absolute Gasteiger partial charge is 0.321 e.